The van der Waals surface area contributed by atoms with Crippen LogP contribution in [-0.2, 0) is 0 Å². The zero-order valence-electron chi connectivity index (χ0n) is 9.30. The molecular weight excluding hydrogens is 226 g/mol. The number of anilines is 1. The van der Waals surface area contributed by atoms with Gasteiger partial charge in [-0.2, -0.15) is 16.9 Å². The summed E-state index contributed by atoms with van der Waals surface area (Å²) < 4.78 is 0. The minimum Gasteiger partial charge on any atom is -0.478 e. The number of rotatable bonds is 6. The van der Waals surface area contributed by atoms with Gasteiger partial charge in [-0.3, -0.25) is 0 Å². The number of nitrogens with one attached hydrogen (secondary N) is 1. The molecule has 0 aliphatic carbocycles. The van der Waals surface area contributed by atoms with E-state index in [1.807, 2.05) is 6.26 Å². The smallest absolute Gasteiger partial charge is 0.339 e. The van der Waals surface area contributed by atoms with Gasteiger partial charge in [-0.25, -0.2) is 4.79 Å². The molecule has 1 atom stereocenters. The highest BCUT2D eigenvalue weighted by Crippen LogP contribution is 2.11. The predicted octanol–water partition coefficient (Wildman–Crippen LogP) is 1.59. The summed E-state index contributed by atoms with van der Waals surface area (Å²) in [6.07, 6.45) is 3.42. The van der Waals surface area contributed by atoms with Crippen LogP contribution >= 0.6 is 11.8 Å². The number of aromatic carboxylic acids is 1. The van der Waals surface area contributed by atoms with E-state index in [9.17, 15) is 4.79 Å². The van der Waals surface area contributed by atoms with Crippen LogP contribution in [0.15, 0.2) is 12.3 Å². The molecule has 1 aromatic rings. The molecule has 1 rings (SSSR count). The average molecular weight is 241 g/mol. The first-order valence-corrected chi connectivity index (χ1v) is 6.32. The number of carboxylic acids is 1. The molecule has 1 aromatic heterocycles. The molecule has 1 heterocycles. The van der Waals surface area contributed by atoms with Crippen molar-refractivity contribution < 1.29 is 9.90 Å². The van der Waals surface area contributed by atoms with Crippen molar-refractivity contribution in [3.63, 3.8) is 0 Å². The van der Waals surface area contributed by atoms with Crippen molar-refractivity contribution >= 4 is 23.5 Å². The average Bonchev–Trinajstić information content (AvgIpc) is 2.27. The summed E-state index contributed by atoms with van der Waals surface area (Å²) in [4.78, 5) is 10.9. The van der Waals surface area contributed by atoms with E-state index >= 15 is 0 Å². The molecule has 16 heavy (non-hydrogen) atoms. The Bertz CT molecular complexity index is 360. The molecule has 5 nitrogen and oxygen atoms in total. The highest BCUT2D eigenvalue weighted by Gasteiger charge is 2.11. The lowest BCUT2D eigenvalue weighted by atomic mass is 10.2. The Balaban J connectivity index is 2.63. The number of nitrogens with zero attached hydrogens (tertiary/aromatic N) is 2. The minimum atomic E-state index is -0.991. The summed E-state index contributed by atoms with van der Waals surface area (Å²) in [5.74, 6) is 0.826. The standard InChI is InChI=1S/C10H15N3O2S/c1-7(6-16-2)5-11-9-8(10(14)15)3-4-12-13-9/h3-4,7H,5-6H2,1-2H3,(H,11,13)(H,14,15). The van der Waals surface area contributed by atoms with Crippen molar-refractivity contribution in [1.82, 2.24) is 10.2 Å². The number of carboxylic acid groups (broad SMARTS) is 1. The first-order chi connectivity index (χ1) is 7.65. The molecule has 2 N–H and O–H groups in total. The molecule has 6 heteroatoms. The summed E-state index contributed by atoms with van der Waals surface area (Å²) in [5.41, 5.74) is 0.159. The third-order valence-corrected chi connectivity index (χ3v) is 2.92. The van der Waals surface area contributed by atoms with Gasteiger partial charge in [0.15, 0.2) is 5.82 Å². The number of carbonyl (C=O) groups is 1. The second-order valence-electron chi connectivity index (χ2n) is 3.54. The first-order valence-electron chi connectivity index (χ1n) is 4.93. The third kappa shape index (κ3) is 3.69. The van der Waals surface area contributed by atoms with E-state index in [0.717, 1.165) is 5.75 Å². The summed E-state index contributed by atoms with van der Waals surface area (Å²) in [6, 6.07) is 1.44. The fourth-order valence-electron chi connectivity index (χ4n) is 1.25. The van der Waals surface area contributed by atoms with Gasteiger partial charge in [-0.1, -0.05) is 6.92 Å². The maximum absolute atomic E-state index is 10.9. The van der Waals surface area contributed by atoms with Crippen LogP contribution in [0.4, 0.5) is 5.82 Å². The summed E-state index contributed by atoms with van der Waals surface area (Å²) in [5, 5.41) is 19.4. The molecule has 0 aliphatic heterocycles. The van der Waals surface area contributed by atoms with Gasteiger partial charge < -0.3 is 10.4 Å². The van der Waals surface area contributed by atoms with Crippen molar-refractivity contribution in [2.45, 2.75) is 6.92 Å². The Labute approximate surface area is 98.7 Å². The third-order valence-electron chi connectivity index (χ3n) is 2.02. The summed E-state index contributed by atoms with van der Waals surface area (Å²) in [6.45, 7) is 2.79. The minimum absolute atomic E-state index is 0.159. The Morgan fingerprint density at radius 3 is 3.06 bits per heavy atom. The second-order valence-corrected chi connectivity index (χ2v) is 4.45. The molecule has 0 fully saturated rings. The van der Waals surface area contributed by atoms with Crippen molar-refractivity contribution in [3.05, 3.63) is 17.8 Å². The van der Waals surface area contributed by atoms with Gasteiger partial charge in [0.25, 0.3) is 0 Å². The molecule has 0 spiro atoms. The molecule has 0 aromatic carbocycles. The Morgan fingerprint density at radius 2 is 2.44 bits per heavy atom. The van der Waals surface area contributed by atoms with E-state index in [4.69, 9.17) is 5.11 Å². The summed E-state index contributed by atoms with van der Waals surface area (Å²) >= 11 is 1.76. The summed E-state index contributed by atoms with van der Waals surface area (Å²) in [7, 11) is 0. The first kappa shape index (κ1) is 12.8. The molecule has 0 bridgehead atoms. The number of aromatic nitrogens is 2. The van der Waals surface area contributed by atoms with Gasteiger partial charge in [0.1, 0.15) is 5.56 Å². The molecule has 88 valence electrons. The predicted molar refractivity (Wildman–Crippen MR) is 65.0 cm³/mol. The van der Waals surface area contributed by atoms with Crippen molar-refractivity contribution in [1.29, 1.82) is 0 Å². The fourth-order valence-corrected chi connectivity index (χ4v) is 1.94. The van der Waals surface area contributed by atoms with Crippen molar-refractivity contribution in [2.24, 2.45) is 5.92 Å². The Morgan fingerprint density at radius 1 is 1.69 bits per heavy atom. The van der Waals surface area contributed by atoms with Gasteiger partial charge in [-0.05, 0) is 24.0 Å². The van der Waals surface area contributed by atoms with Gasteiger partial charge in [0.2, 0.25) is 0 Å². The van der Waals surface area contributed by atoms with Crippen LogP contribution in [0, 0.1) is 5.92 Å². The van der Waals surface area contributed by atoms with Crippen LogP contribution in [0.25, 0.3) is 0 Å². The number of hydrogen-bond donors (Lipinski definition) is 2. The lowest BCUT2D eigenvalue weighted by Crippen LogP contribution is -2.16. The van der Waals surface area contributed by atoms with Crippen LogP contribution in [0.1, 0.15) is 17.3 Å². The highest BCUT2D eigenvalue weighted by molar-refractivity contribution is 7.98. The maximum atomic E-state index is 10.9. The molecule has 0 aliphatic rings. The van der Waals surface area contributed by atoms with Crippen LogP contribution in [0.5, 0.6) is 0 Å². The molecule has 0 saturated heterocycles. The van der Waals surface area contributed by atoms with Crippen LogP contribution in [0.3, 0.4) is 0 Å². The van der Waals surface area contributed by atoms with Gasteiger partial charge >= 0.3 is 5.97 Å². The van der Waals surface area contributed by atoms with Crippen molar-refractivity contribution in [3.8, 4) is 0 Å². The maximum Gasteiger partial charge on any atom is 0.339 e. The lowest BCUT2D eigenvalue weighted by molar-refractivity contribution is 0.0697. The van der Waals surface area contributed by atoms with Crippen LogP contribution < -0.4 is 5.32 Å². The molecule has 1 unspecified atom stereocenters. The fraction of sp³-hybridized carbons (Fsp3) is 0.500. The van der Waals surface area contributed by atoms with Crippen LogP contribution in [0.2, 0.25) is 0 Å². The van der Waals surface area contributed by atoms with E-state index in [1.54, 1.807) is 11.8 Å². The van der Waals surface area contributed by atoms with E-state index in [2.05, 4.69) is 22.4 Å². The van der Waals surface area contributed by atoms with E-state index < -0.39 is 5.97 Å². The Hall–Kier alpha value is -1.30. The number of thioether (sulfide) groups is 1. The number of hydrogen-bond acceptors (Lipinski definition) is 5. The molecular formula is C10H15N3O2S. The highest BCUT2D eigenvalue weighted by atomic mass is 32.2. The SMILES string of the molecule is CSCC(C)CNc1nnccc1C(=O)O. The zero-order chi connectivity index (χ0) is 12.0. The van der Waals surface area contributed by atoms with Crippen LogP contribution in [-0.4, -0.2) is 39.8 Å². The topological polar surface area (TPSA) is 75.1 Å². The lowest BCUT2D eigenvalue weighted by Gasteiger charge is -2.12. The molecule has 0 amide bonds. The molecule has 0 saturated carbocycles. The van der Waals surface area contributed by atoms with Crippen molar-refractivity contribution in [2.75, 3.05) is 23.9 Å². The van der Waals surface area contributed by atoms with Gasteiger partial charge in [0, 0.05) is 6.54 Å². The van der Waals surface area contributed by atoms with Gasteiger partial charge in [0.05, 0.1) is 6.20 Å². The largest absolute Gasteiger partial charge is 0.478 e. The zero-order valence-corrected chi connectivity index (χ0v) is 10.1. The quantitative estimate of drug-likeness (QED) is 0.787. The normalized spacial score (nSPS) is 12.1. The second kappa shape index (κ2) is 6.32. The Kier molecular flexibility index (Phi) is 5.04. The van der Waals surface area contributed by atoms with E-state index in [1.165, 1.54) is 12.3 Å². The molecule has 0 radical (unpaired) electrons. The van der Waals surface area contributed by atoms with E-state index in [-0.39, 0.29) is 5.56 Å². The van der Waals surface area contributed by atoms with E-state index in [0.29, 0.717) is 18.3 Å². The van der Waals surface area contributed by atoms with Gasteiger partial charge in [-0.15, -0.1) is 5.10 Å². The monoisotopic (exact) mass is 241 g/mol.